The van der Waals surface area contributed by atoms with Crippen LogP contribution in [0.1, 0.15) is 149 Å². The molecule has 2 fully saturated rings. The highest BCUT2D eigenvalue weighted by Gasteiger charge is 2.45. The molecule has 2 saturated heterocycles. The Morgan fingerprint density at radius 2 is 1.44 bits per heavy atom. The van der Waals surface area contributed by atoms with Gasteiger partial charge in [-0.2, -0.15) is 4.98 Å². The third-order valence-corrected chi connectivity index (χ3v) is 10.7. The number of piperidine rings is 1. The van der Waals surface area contributed by atoms with Gasteiger partial charge in [-0.05, 0) is 45.6 Å². The number of aliphatic hydroxyl groups excluding tert-OH is 2. The van der Waals surface area contributed by atoms with Crippen molar-refractivity contribution in [1.29, 1.82) is 0 Å². The topological polar surface area (TPSA) is 156 Å². The molecule has 12 nitrogen and oxygen atoms in total. The first-order valence-corrected chi connectivity index (χ1v) is 20.2. The number of phosphoric ester groups is 1. The molecule has 0 aliphatic carbocycles. The molecule has 3 rings (SSSR count). The molecular formula is C35H63N4O8P. The standard InChI is InChI=1S/C35H63N4O8P/c1-4-5-6-7-8-9-10-11-12-13-14-15-16-17-18-19-25-45-48(43,44)46-26-30-32(40)33(41)34(47-30)38-24-23-31(37-35(38)42)36-27-39-28(2)21-20-22-29(39)3/h23-24,27-30,32-34,40-41H,4-22,25-26H2,1-3H3,(H,43,44)/t28?,29?,30-,32-,33+,34-/m1/s1. The Morgan fingerprint density at radius 1 is 0.896 bits per heavy atom. The van der Waals surface area contributed by atoms with Crippen molar-refractivity contribution in [2.75, 3.05) is 13.2 Å². The molecule has 276 valence electrons. The maximum atomic E-state index is 12.8. The molecule has 0 radical (unpaired) electrons. The molecule has 3 N–H and O–H groups in total. The summed E-state index contributed by atoms with van der Waals surface area (Å²) < 4.78 is 29.3. The zero-order chi connectivity index (χ0) is 34.8. The van der Waals surface area contributed by atoms with Crippen molar-refractivity contribution >= 4 is 20.0 Å². The average molecular weight is 699 g/mol. The number of hydrogen-bond acceptors (Lipinski definition) is 9. The van der Waals surface area contributed by atoms with Crippen LogP contribution < -0.4 is 5.69 Å². The van der Waals surface area contributed by atoms with Gasteiger partial charge < -0.3 is 24.7 Å². The van der Waals surface area contributed by atoms with Crippen molar-refractivity contribution in [1.82, 2.24) is 14.5 Å². The fraction of sp³-hybridized carbons (Fsp3) is 0.857. The minimum absolute atomic E-state index is 0.0804. The number of hydrogen-bond donors (Lipinski definition) is 3. The summed E-state index contributed by atoms with van der Waals surface area (Å²) in [6, 6.07) is 2.22. The van der Waals surface area contributed by atoms with Crippen LogP contribution in [0.2, 0.25) is 0 Å². The Labute approximate surface area is 287 Å². The van der Waals surface area contributed by atoms with Crippen LogP contribution in [-0.4, -0.2) is 79.5 Å². The number of unbranched alkanes of at least 4 members (excludes halogenated alkanes) is 15. The van der Waals surface area contributed by atoms with Crippen LogP contribution in [0.25, 0.3) is 0 Å². The SMILES string of the molecule is CCCCCCCCCCCCCCCCCCOP(=O)(O)OC[C@H]1O[C@@H](n2ccc(N=CN3C(C)CCCC3C)nc2=O)[C@@H](O)[C@@H]1O. The second-order valence-corrected chi connectivity index (χ2v) is 15.2. The Bertz CT molecular complexity index is 1160. The first-order chi connectivity index (χ1) is 23.1. The molecule has 3 unspecified atom stereocenters. The molecule has 0 amide bonds. The molecule has 48 heavy (non-hydrogen) atoms. The van der Waals surface area contributed by atoms with E-state index in [1.165, 1.54) is 95.7 Å². The molecule has 3 heterocycles. The molecule has 0 bridgehead atoms. The van der Waals surface area contributed by atoms with Gasteiger partial charge in [0.25, 0.3) is 0 Å². The molecule has 0 aromatic carbocycles. The predicted molar refractivity (Wildman–Crippen MR) is 188 cm³/mol. The zero-order valence-electron chi connectivity index (χ0n) is 29.7. The van der Waals surface area contributed by atoms with Gasteiger partial charge in [0.05, 0.1) is 19.6 Å². The molecule has 0 saturated carbocycles. The Kier molecular flexibility index (Phi) is 18.9. The summed E-state index contributed by atoms with van der Waals surface area (Å²) in [6.45, 7) is 6.11. The Balaban J connectivity index is 1.28. The van der Waals surface area contributed by atoms with Crippen molar-refractivity contribution in [3.63, 3.8) is 0 Å². The van der Waals surface area contributed by atoms with E-state index in [4.69, 9.17) is 13.8 Å². The quantitative estimate of drug-likeness (QED) is 0.0437. The molecule has 2 aliphatic rings. The maximum absolute atomic E-state index is 12.8. The fourth-order valence-electron chi connectivity index (χ4n) is 6.60. The molecule has 2 aliphatic heterocycles. The lowest BCUT2D eigenvalue weighted by Crippen LogP contribution is -2.42. The van der Waals surface area contributed by atoms with Gasteiger partial charge in [-0.25, -0.2) is 14.4 Å². The Morgan fingerprint density at radius 3 is 1.98 bits per heavy atom. The smallest absolute Gasteiger partial charge is 0.387 e. The molecule has 1 aromatic rings. The van der Waals surface area contributed by atoms with Gasteiger partial charge in [0, 0.05) is 18.3 Å². The summed E-state index contributed by atoms with van der Waals surface area (Å²) in [5.74, 6) is 0.219. The average Bonchev–Trinajstić information content (AvgIpc) is 3.33. The fourth-order valence-corrected chi connectivity index (χ4v) is 7.37. The van der Waals surface area contributed by atoms with Crippen molar-refractivity contribution < 1.29 is 33.5 Å². The zero-order valence-corrected chi connectivity index (χ0v) is 30.6. The minimum atomic E-state index is -4.39. The van der Waals surface area contributed by atoms with E-state index in [9.17, 15) is 24.5 Å². The number of rotatable bonds is 24. The lowest BCUT2D eigenvalue weighted by Gasteiger charge is -2.37. The van der Waals surface area contributed by atoms with E-state index in [0.717, 1.165) is 36.7 Å². The predicted octanol–water partition coefficient (Wildman–Crippen LogP) is 7.18. The number of ether oxygens (including phenoxy) is 1. The summed E-state index contributed by atoms with van der Waals surface area (Å²) in [5, 5.41) is 21.1. The Hall–Kier alpha value is -1.66. The number of aromatic nitrogens is 2. The molecule has 1 aromatic heterocycles. The first kappa shape index (κ1) is 40.8. The van der Waals surface area contributed by atoms with Crippen LogP contribution in [-0.2, 0) is 18.3 Å². The van der Waals surface area contributed by atoms with E-state index in [0.29, 0.717) is 18.5 Å². The van der Waals surface area contributed by atoms with Gasteiger partial charge >= 0.3 is 13.5 Å². The monoisotopic (exact) mass is 698 g/mol. The van der Waals surface area contributed by atoms with Gasteiger partial charge in [-0.1, -0.05) is 103 Å². The largest absolute Gasteiger partial charge is 0.472 e. The molecule has 13 heteroatoms. The third-order valence-electron chi connectivity index (χ3n) is 9.67. The van der Waals surface area contributed by atoms with Crippen LogP contribution >= 0.6 is 7.82 Å². The van der Waals surface area contributed by atoms with Crippen molar-refractivity contribution in [3.05, 3.63) is 22.7 Å². The highest BCUT2D eigenvalue weighted by atomic mass is 31.2. The lowest BCUT2D eigenvalue weighted by atomic mass is 9.98. The van der Waals surface area contributed by atoms with Gasteiger partial charge in [0.15, 0.2) is 12.0 Å². The minimum Gasteiger partial charge on any atom is -0.387 e. The molecule has 7 atom stereocenters. The van der Waals surface area contributed by atoms with Gasteiger partial charge in [-0.15, -0.1) is 0 Å². The van der Waals surface area contributed by atoms with Crippen molar-refractivity contribution in [2.24, 2.45) is 4.99 Å². The number of nitrogens with zero attached hydrogens (tertiary/aromatic N) is 4. The molecule has 0 spiro atoms. The van der Waals surface area contributed by atoms with Crippen LogP contribution in [0.4, 0.5) is 5.82 Å². The molecular weight excluding hydrogens is 635 g/mol. The summed E-state index contributed by atoms with van der Waals surface area (Å²) in [6.07, 6.45) is 20.9. The summed E-state index contributed by atoms with van der Waals surface area (Å²) in [5.41, 5.74) is -0.711. The van der Waals surface area contributed by atoms with Crippen molar-refractivity contribution in [2.45, 2.75) is 179 Å². The normalized spacial score (nSPS) is 26.0. The lowest BCUT2D eigenvalue weighted by molar-refractivity contribution is -0.0551. The van der Waals surface area contributed by atoms with Crippen LogP contribution in [0.3, 0.4) is 0 Å². The van der Waals surface area contributed by atoms with Gasteiger partial charge in [-0.3, -0.25) is 13.6 Å². The highest BCUT2D eigenvalue weighted by molar-refractivity contribution is 7.47. The van der Waals surface area contributed by atoms with Gasteiger partial charge in [0.2, 0.25) is 0 Å². The van der Waals surface area contributed by atoms with E-state index in [1.54, 1.807) is 6.34 Å². The summed E-state index contributed by atoms with van der Waals surface area (Å²) in [7, 11) is -4.39. The second kappa shape index (κ2) is 22.2. The van der Waals surface area contributed by atoms with Crippen LogP contribution in [0.15, 0.2) is 22.1 Å². The number of likely N-dealkylation sites (tertiary alicyclic amines) is 1. The van der Waals surface area contributed by atoms with E-state index in [2.05, 4.69) is 35.6 Å². The highest BCUT2D eigenvalue weighted by Crippen LogP contribution is 2.44. The first-order valence-electron chi connectivity index (χ1n) is 18.7. The maximum Gasteiger partial charge on any atom is 0.472 e. The summed E-state index contributed by atoms with van der Waals surface area (Å²) in [4.78, 5) is 33.4. The van der Waals surface area contributed by atoms with E-state index < -0.39 is 44.7 Å². The number of aliphatic imine (C=N–C) groups is 1. The van der Waals surface area contributed by atoms with Crippen LogP contribution in [0.5, 0.6) is 0 Å². The van der Waals surface area contributed by atoms with E-state index >= 15 is 0 Å². The second-order valence-electron chi connectivity index (χ2n) is 13.7. The third kappa shape index (κ3) is 14.3. The van der Waals surface area contributed by atoms with E-state index in [-0.39, 0.29) is 12.4 Å². The summed E-state index contributed by atoms with van der Waals surface area (Å²) >= 11 is 0. The number of phosphoric acid groups is 1. The number of aliphatic hydroxyl groups is 2. The van der Waals surface area contributed by atoms with Crippen molar-refractivity contribution in [3.8, 4) is 0 Å². The van der Waals surface area contributed by atoms with E-state index in [1.807, 2.05) is 0 Å². The van der Waals surface area contributed by atoms with Crippen LogP contribution in [0, 0.1) is 0 Å². The van der Waals surface area contributed by atoms with Gasteiger partial charge in [0.1, 0.15) is 18.3 Å².